The Bertz CT molecular complexity index is 566. The first kappa shape index (κ1) is 11.6. The van der Waals surface area contributed by atoms with Gasteiger partial charge in [-0.3, -0.25) is 9.67 Å². The fourth-order valence-corrected chi connectivity index (χ4v) is 2.85. The fraction of sp³-hybridized carbons (Fsp3) is 0.538. The minimum atomic E-state index is -0.349. The van der Waals surface area contributed by atoms with Crippen LogP contribution in [0.5, 0.6) is 0 Å². The van der Waals surface area contributed by atoms with Crippen LogP contribution in [0.2, 0.25) is 0 Å². The molecule has 0 aromatic carbocycles. The largest absolute Gasteiger partial charge is 0.328 e. The van der Waals surface area contributed by atoms with E-state index in [1.54, 1.807) is 6.20 Å². The van der Waals surface area contributed by atoms with Crippen molar-refractivity contribution in [3.05, 3.63) is 24.2 Å². The first-order chi connectivity index (χ1) is 8.58. The zero-order valence-electron chi connectivity index (χ0n) is 10.6. The number of nitrogens with two attached hydrogens (primary N) is 2. The fourth-order valence-electron chi connectivity index (χ4n) is 2.85. The lowest BCUT2D eigenvalue weighted by atomic mass is 9.77. The van der Waals surface area contributed by atoms with Crippen molar-refractivity contribution in [2.24, 2.45) is 18.5 Å². The van der Waals surface area contributed by atoms with E-state index in [1.807, 2.05) is 24.0 Å². The van der Waals surface area contributed by atoms with Crippen LogP contribution in [0.4, 0.5) is 0 Å². The molecule has 1 aliphatic rings. The van der Waals surface area contributed by atoms with Gasteiger partial charge < -0.3 is 11.5 Å². The summed E-state index contributed by atoms with van der Waals surface area (Å²) in [4.78, 5) is 4.52. The van der Waals surface area contributed by atoms with E-state index in [4.69, 9.17) is 11.5 Å². The first-order valence-electron chi connectivity index (χ1n) is 6.42. The number of aromatic nitrogens is 3. The minimum Gasteiger partial charge on any atom is -0.328 e. The second-order valence-corrected chi connectivity index (χ2v) is 5.39. The summed E-state index contributed by atoms with van der Waals surface area (Å²) in [6, 6.07) is 2.21. The Hall–Kier alpha value is -1.46. The van der Waals surface area contributed by atoms with Gasteiger partial charge in [0.25, 0.3) is 0 Å². The maximum absolute atomic E-state index is 6.56. The molecule has 0 radical (unpaired) electrons. The van der Waals surface area contributed by atoms with Gasteiger partial charge in [-0.25, -0.2) is 0 Å². The van der Waals surface area contributed by atoms with Crippen molar-refractivity contribution in [1.82, 2.24) is 14.8 Å². The minimum absolute atomic E-state index is 0.287. The van der Waals surface area contributed by atoms with E-state index in [9.17, 15) is 0 Å². The molecule has 0 bridgehead atoms. The lowest BCUT2D eigenvalue weighted by Crippen LogP contribution is -2.44. The molecule has 3 rings (SSSR count). The second kappa shape index (κ2) is 4.03. The van der Waals surface area contributed by atoms with Gasteiger partial charge in [-0.05, 0) is 31.7 Å². The van der Waals surface area contributed by atoms with Gasteiger partial charge in [0.1, 0.15) is 0 Å². The predicted octanol–water partition coefficient (Wildman–Crippen LogP) is 1.02. The summed E-state index contributed by atoms with van der Waals surface area (Å²) in [7, 11) is 1.92. The maximum Gasteiger partial charge on any atom is 0.0957 e. The SMILES string of the molecule is Cn1cc2c(C3(N)CCC(N)CC3)nccc2n1. The van der Waals surface area contributed by atoms with Crippen LogP contribution in [0.25, 0.3) is 10.9 Å². The highest BCUT2D eigenvalue weighted by Crippen LogP contribution is 2.36. The first-order valence-corrected chi connectivity index (χ1v) is 6.42. The zero-order chi connectivity index (χ0) is 12.8. The van der Waals surface area contributed by atoms with Gasteiger partial charge in [0.15, 0.2) is 0 Å². The molecule has 0 atom stereocenters. The topological polar surface area (TPSA) is 82.8 Å². The number of fused-ring (bicyclic) bond motifs is 1. The summed E-state index contributed by atoms with van der Waals surface area (Å²) in [5.41, 5.74) is 14.1. The summed E-state index contributed by atoms with van der Waals surface area (Å²) < 4.78 is 1.81. The van der Waals surface area contributed by atoms with E-state index >= 15 is 0 Å². The molecule has 1 aliphatic carbocycles. The standard InChI is InChI=1S/C13H19N5/c1-18-8-10-11(17-18)4-7-16-12(10)13(15)5-2-9(14)3-6-13/h4,7-9H,2-3,5-6,14-15H2,1H3. The Morgan fingerprint density at radius 2 is 2.11 bits per heavy atom. The molecule has 0 aliphatic heterocycles. The Morgan fingerprint density at radius 3 is 2.83 bits per heavy atom. The Labute approximate surface area is 106 Å². The normalized spacial score (nSPS) is 28.7. The molecule has 1 saturated carbocycles. The number of pyridine rings is 1. The monoisotopic (exact) mass is 245 g/mol. The average Bonchev–Trinajstić information content (AvgIpc) is 2.73. The van der Waals surface area contributed by atoms with Crippen LogP contribution in [0.15, 0.2) is 18.5 Å². The molecule has 0 amide bonds. The Morgan fingerprint density at radius 1 is 1.39 bits per heavy atom. The van der Waals surface area contributed by atoms with Gasteiger partial charge in [0.2, 0.25) is 0 Å². The molecule has 0 unspecified atom stereocenters. The van der Waals surface area contributed by atoms with Crippen molar-refractivity contribution in [1.29, 1.82) is 0 Å². The molecule has 5 nitrogen and oxygen atoms in total. The van der Waals surface area contributed by atoms with Crippen molar-refractivity contribution >= 4 is 10.9 Å². The lowest BCUT2D eigenvalue weighted by Gasteiger charge is -2.35. The van der Waals surface area contributed by atoms with Crippen molar-refractivity contribution < 1.29 is 0 Å². The molecular formula is C13H19N5. The van der Waals surface area contributed by atoms with Gasteiger partial charge in [-0.1, -0.05) is 0 Å². The summed E-state index contributed by atoms with van der Waals surface area (Å²) >= 11 is 0. The quantitative estimate of drug-likeness (QED) is 0.786. The lowest BCUT2D eigenvalue weighted by molar-refractivity contribution is 0.273. The highest BCUT2D eigenvalue weighted by atomic mass is 15.2. The van der Waals surface area contributed by atoms with Crippen molar-refractivity contribution in [3.8, 4) is 0 Å². The molecule has 4 N–H and O–H groups in total. The molecule has 18 heavy (non-hydrogen) atoms. The molecule has 96 valence electrons. The maximum atomic E-state index is 6.56. The Kier molecular flexibility index (Phi) is 2.60. The molecule has 1 fully saturated rings. The highest BCUT2D eigenvalue weighted by Gasteiger charge is 2.34. The number of rotatable bonds is 1. The summed E-state index contributed by atoms with van der Waals surface area (Å²) in [5.74, 6) is 0. The van der Waals surface area contributed by atoms with Crippen LogP contribution in [-0.4, -0.2) is 20.8 Å². The van der Waals surface area contributed by atoms with Crippen LogP contribution >= 0.6 is 0 Å². The number of aryl methyl sites for hydroxylation is 1. The van der Waals surface area contributed by atoms with Gasteiger partial charge in [0, 0.05) is 30.9 Å². The van der Waals surface area contributed by atoms with Crippen LogP contribution < -0.4 is 11.5 Å². The third-order valence-electron chi connectivity index (χ3n) is 3.94. The van der Waals surface area contributed by atoms with Crippen molar-refractivity contribution in [2.75, 3.05) is 0 Å². The van der Waals surface area contributed by atoms with Gasteiger partial charge >= 0.3 is 0 Å². The molecule has 2 aromatic rings. The molecule has 2 heterocycles. The van der Waals surface area contributed by atoms with E-state index in [0.29, 0.717) is 0 Å². The molecule has 0 saturated heterocycles. The van der Waals surface area contributed by atoms with Gasteiger partial charge in [0.05, 0.1) is 16.7 Å². The smallest absolute Gasteiger partial charge is 0.0957 e. The number of hydrogen-bond donors (Lipinski definition) is 2. The molecule has 2 aromatic heterocycles. The van der Waals surface area contributed by atoms with Crippen LogP contribution in [0, 0.1) is 0 Å². The summed E-state index contributed by atoms with van der Waals surface area (Å²) in [6.07, 6.45) is 7.53. The summed E-state index contributed by atoms with van der Waals surface area (Å²) in [6.45, 7) is 0. The number of nitrogens with zero attached hydrogens (tertiary/aromatic N) is 3. The van der Waals surface area contributed by atoms with Gasteiger partial charge in [-0.2, -0.15) is 5.10 Å². The summed E-state index contributed by atoms with van der Waals surface area (Å²) in [5, 5.41) is 5.48. The van der Waals surface area contributed by atoms with E-state index in [-0.39, 0.29) is 11.6 Å². The van der Waals surface area contributed by atoms with E-state index < -0.39 is 0 Å². The van der Waals surface area contributed by atoms with E-state index in [1.165, 1.54) is 0 Å². The van der Waals surface area contributed by atoms with Crippen molar-refractivity contribution in [2.45, 2.75) is 37.3 Å². The van der Waals surface area contributed by atoms with E-state index in [2.05, 4.69) is 10.1 Å². The van der Waals surface area contributed by atoms with Crippen LogP contribution in [0.3, 0.4) is 0 Å². The zero-order valence-corrected chi connectivity index (χ0v) is 10.6. The van der Waals surface area contributed by atoms with Gasteiger partial charge in [-0.15, -0.1) is 0 Å². The number of hydrogen-bond acceptors (Lipinski definition) is 4. The second-order valence-electron chi connectivity index (χ2n) is 5.39. The predicted molar refractivity (Wildman–Crippen MR) is 70.8 cm³/mol. The third kappa shape index (κ3) is 1.79. The third-order valence-corrected chi connectivity index (χ3v) is 3.94. The van der Waals surface area contributed by atoms with Crippen LogP contribution in [-0.2, 0) is 12.6 Å². The molecular weight excluding hydrogens is 226 g/mol. The average molecular weight is 245 g/mol. The van der Waals surface area contributed by atoms with Crippen LogP contribution in [0.1, 0.15) is 31.4 Å². The Balaban J connectivity index is 2.08. The van der Waals surface area contributed by atoms with Crippen molar-refractivity contribution in [3.63, 3.8) is 0 Å². The van der Waals surface area contributed by atoms with E-state index in [0.717, 1.165) is 42.3 Å². The highest BCUT2D eigenvalue weighted by molar-refractivity contribution is 5.81. The molecule has 5 heteroatoms. The molecule has 0 spiro atoms.